The number of alkyl halides is 2. The Morgan fingerprint density at radius 1 is 1.38 bits per heavy atom. The first kappa shape index (κ1) is 20.8. The molecule has 1 fully saturated rings. The first-order chi connectivity index (χ1) is 13.4. The van der Waals surface area contributed by atoms with E-state index in [0.717, 1.165) is 18.3 Å². The highest BCUT2D eigenvalue weighted by Crippen LogP contribution is 2.31. The first-order valence-electron chi connectivity index (χ1n) is 8.44. The van der Waals surface area contributed by atoms with Crippen LogP contribution in [0.3, 0.4) is 0 Å². The highest BCUT2D eigenvalue weighted by Gasteiger charge is 2.45. The van der Waals surface area contributed by atoms with Crippen molar-refractivity contribution in [1.29, 1.82) is 5.41 Å². The van der Waals surface area contributed by atoms with Crippen LogP contribution in [0.1, 0.15) is 42.5 Å². The Kier molecular flexibility index (Phi) is 5.15. The second kappa shape index (κ2) is 7.17. The molecule has 2 aromatic rings. The lowest BCUT2D eigenvalue weighted by molar-refractivity contribution is 0.0561. The summed E-state index contributed by atoms with van der Waals surface area (Å²) >= 11 is 0. The van der Waals surface area contributed by atoms with Gasteiger partial charge in [-0.25, -0.2) is 17.5 Å². The maximum absolute atomic E-state index is 14.4. The highest BCUT2D eigenvalue weighted by atomic mass is 32.2. The Labute approximate surface area is 164 Å². The van der Waals surface area contributed by atoms with Gasteiger partial charge in [0.05, 0.1) is 11.8 Å². The molecule has 3 N–H and O–H groups in total. The summed E-state index contributed by atoms with van der Waals surface area (Å²) in [5.41, 5.74) is -0.198. The molecule has 1 aromatic heterocycles. The van der Waals surface area contributed by atoms with Gasteiger partial charge in [0.15, 0.2) is 15.5 Å². The van der Waals surface area contributed by atoms with Crippen LogP contribution < -0.4 is 10.6 Å². The minimum Gasteiger partial charge on any atom is -0.365 e. The quantitative estimate of drug-likeness (QED) is 0.690. The van der Waals surface area contributed by atoms with E-state index in [4.69, 9.17) is 5.41 Å². The third kappa shape index (κ3) is 3.84. The normalized spacial score (nSPS) is 20.3. The van der Waals surface area contributed by atoms with Gasteiger partial charge < -0.3 is 10.6 Å². The molecular formula is C17H18F3N5O3S. The van der Waals surface area contributed by atoms with E-state index in [1.165, 1.54) is 26.0 Å². The number of amides is 1. The molecule has 0 bridgehead atoms. The van der Waals surface area contributed by atoms with Gasteiger partial charge in [-0.05, 0) is 38.1 Å². The fourth-order valence-corrected chi connectivity index (χ4v) is 4.28. The summed E-state index contributed by atoms with van der Waals surface area (Å²) in [6.45, 7) is -0.119. The van der Waals surface area contributed by atoms with Gasteiger partial charge in [0.1, 0.15) is 16.4 Å². The van der Waals surface area contributed by atoms with E-state index >= 15 is 0 Å². The van der Waals surface area contributed by atoms with Crippen LogP contribution in [-0.2, 0) is 9.84 Å². The van der Waals surface area contributed by atoms with Gasteiger partial charge in [0.2, 0.25) is 0 Å². The van der Waals surface area contributed by atoms with E-state index in [2.05, 4.69) is 15.7 Å². The minimum absolute atomic E-state index is 0.0512. The summed E-state index contributed by atoms with van der Waals surface area (Å²) in [6, 6.07) is 3.60. The average Bonchev–Trinajstić information content (AvgIpc) is 3.12. The van der Waals surface area contributed by atoms with Crippen LogP contribution >= 0.6 is 0 Å². The van der Waals surface area contributed by atoms with Gasteiger partial charge in [-0.1, -0.05) is 0 Å². The largest absolute Gasteiger partial charge is 0.365 e. The SMILES string of the molecule is CC1(C)C(=N)N[C@H](c2cc(NC(=O)c3ccn(C(F)F)n3)ccc2F)CS1(=O)=O. The Bertz CT molecular complexity index is 1080. The van der Waals surface area contributed by atoms with Gasteiger partial charge in [-0.2, -0.15) is 13.9 Å². The third-order valence-corrected chi connectivity index (χ3v) is 7.29. The molecule has 29 heavy (non-hydrogen) atoms. The van der Waals surface area contributed by atoms with Crippen molar-refractivity contribution in [2.24, 2.45) is 0 Å². The van der Waals surface area contributed by atoms with Gasteiger partial charge in [0.25, 0.3) is 5.91 Å². The number of benzene rings is 1. The standard InChI is InChI=1S/C17H18F3N5O3S/c1-17(2)15(21)23-13(8-29(17,27)28)10-7-9(3-4-11(10)18)22-14(26)12-5-6-25(24-12)16(19)20/h3-7,13,16H,8H2,1-2H3,(H2,21,23)(H,22,26)/t13-/m0/s1. The van der Waals surface area contributed by atoms with Gasteiger partial charge in [0, 0.05) is 17.4 Å². The second-order valence-electron chi connectivity index (χ2n) is 7.01. The molecule has 1 aliphatic heterocycles. The molecule has 0 aliphatic carbocycles. The number of anilines is 1. The molecule has 8 nitrogen and oxygen atoms in total. The number of hydrogen-bond donors (Lipinski definition) is 3. The highest BCUT2D eigenvalue weighted by molar-refractivity contribution is 7.93. The molecule has 0 radical (unpaired) electrons. The number of amidine groups is 1. The summed E-state index contributed by atoms with van der Waals surface area (Å²) in [5, 5.41) is 16.5. The molecule has 12 heteroatoms. The molecule has 1 aromatic carbocycles. The van der Waals surface area contributed by atoms with E-state index in [1.54, 1.807) is 0 Å². The number of hydrogen-bond acceptors (Lipinski definition) is 5. The lowest BCUT2D eigenvalue weighted by atomic mass is 10.0. The Morgan fingerprint density at radius 2 is 2.07 bits per heavy atom. The molecule has 3 rings (SSSR count). The number of carbonyl (C=O) groups excluding carboxylic acids is 1. The number of carbonyl (C=O) groups is 1. The summed E-state index contributed by atoms with van der Waals surface area (Å²) in [7, 11) is -3.73. The maximum Gasteiger partial charge on any atom is 0.333 e. The molecule has 2 heterocycles. The third-order valence-electron chi connectivity index (χ3n) is 4.75. The zero-order valence-electron chi connectivity index (χ0n) is 15.4. The van der Waals surface area contributed by atoms with Crippen LogP contribution in [0.4, 0.5) is 18.9 Å². The van der Waals surface area contributed by atoms with Crippen molar-refractivity contribution in [2.75, 3.05) is 11.1 Å². The van der Waals surface area contributed by atoms with Crippen LogP contribution in [0.15, 0.2) is 30.5 Å². The summed E-state index contributed by atoms with van der Waals surface area (Å²) < 4.78 is 63.3. The van der Waals surface area contributed by atoms with E-state index in [-0.39, 0.29) is 22.8 Å². The summed E-state index contributed by atoms with van der Waals surface area (Å²) in [6.07, 6.45) is 0.944. The minimum atomic E-state index is -3.73. The van der Waals surface area contributed by atoms with Gasteiger partial charge in [-0.15, -0.1) is 0 Å². The summed E-state index contributed by atoms with van der Waals surface area (Å²) in [4.78, 5) is 12.2. The lowest BCUT2D eigenvalue weighted by Gasteiger charge is -2.36. The van der Waals surface area contributed by atoms with Crippen molar-refractivity contribution in [3.63, 3.8) is 0 Å². The molecule has 0 unspecified atom stereocenters. The van der Waals surface area contributed by atoms with E-state index < -0.39 is 44.7 Å². The predicted molar refractivity (Wildman–Crippen MR) is 99.3 cm³/mol. The number of halogens is 3. The molecule has 1 aliphatic rings. The molecule has 0 saturated carbocycles. The topological polar surface area (TPSA) is 117 Å². The van der Waals surface area contributed by atoms with Crippen molar-refractivity contribution >= 4 is 27.3 Å². The van der Waals surface area contributed by atoms with Gasteiger partial charge >= 0.3 is 6.55 Å². The molecule has 156 valence electrons. The Morgan fingerprint density at radius 3 is 2.66 bits per heavy atom. The smallest absolute Gasteiger partial charge is 0.333 e. The van der Waals surface area contributed by atoms with E-state index in [9.17, 15) is 26.4 Å². The van der Waals surface area contributed by atoms with Gasteiger partial charge in [-0.3, -0.25) is 10.2 Å². The van der Waals surface area contributed by atoms with Crippen molar-refractivity contribution in [3.8, 4) is 0 Å². The van der Waals surface area contributed by atoms with Crippen molar-refractivity contribution in [3.05, 3.63) is 47.5 Å². The maximum atomic E-state index is 14.4. The van der Waals surface area contributed by atoms with Crippen LogP contribution in [0, 0.1) is 11.2 Å². The fourth-order valence-electron chi connectivity index (χ4n) is 2.79. The Balaban J connectivity index is 1.85. The fraction of sp³-hybridized carbons (Fsp3) is 0.353. The number of nitrogens with one attached hydrogen (secondary N) is 3. The number of aromatic nitrogens is 2. The second-order valence-corrected chi connectivity index (χ2v) is 9.60. The number of rotatable bonds is 4. The molecule has 1 saturated heterocycles. The van der Waals surface area contributed by atoms with Crippen LogP contribution in [-0.4, -0.2) is 40.4 Å². The van der Waals surface area contributed by atoms with Crippen LogP contribution in [0.2, 0.25) is 0 Å². The zero-order chi connectivity index (χ0) is 21.6. The van der Waals surface area contributed by atoms with Crippen molar-refractivity contribution < 1.29 is 26.4 Å². The first-order valence-corrected chi connectivity index (χ1v) is 10.1. The Hall–Kier alpha value is -2.89. The molecule has 1 amide bonds. The molecular weight excluding hydrogens is 411 g/mol. The van der Waals surface area contributed by atoms with E-state index in [1.807, 2.05) is 0 Å². The monoisotopic (exact) mass is 429 g/mol. The molecule has 1 atom stereocenters. The van der Waals surface area contributed by atoms with Crippen molar-refractivity contribution in [2.45, 2.75) is 31.2 Å². The summed E-state index contributed by atoms with van der Waals surface area (Å²) in [5.74, 6) is -2.21. The van der Waals surface area contributed by atoms with E-state index in [0.29, 0.717) is 4.68 Å². The number of sulfone groups is 1. The van der Waals surface area contributed by atoms with Crippen molar-refractivity contribution in [1.82, 2.24) is 15.1 Å². The number of nitrogens with zero attached hydrogens (tertiary/aromatic N) is 2. The predicted octanol–water partition coefficient (Wildman–Crippen LogP) is 2.48. The van der Waals surface area contributed by atoms with Crippen LogP contribution in [0.5, 0.6) is 0 Å². The zero-order valence-corrected chi connectivity index (χ0v) is 16.2. The lowest BCUT2D eigenvalue weighted by Crippen LogP contribution is -2.56. The molecule has 0 spiro atoms. The average molecular weight is 429 g/mol. The van der Waals surface area contributed by atoms with Crippen LogP contribution in [0.25, 0.3) is 0 Å².